The quantitative estimate of drug-likeness (QED) is 0.782. The fourth-order valence-electron chi connectivity index (χ4n) is 1.10. The van der Waals surface area contributed by atoms with Crippen LogP contribution in [0.1, 0.15) is 6.92 Å². The molecule has 0 bridgehead atoms. The van der Waals surface area contributed by atoms with E-state index in [1.807, 2.05) is 0 Å². The van der Waals surface area contributed by atoms with Gasteiger partial charge in [0.05, 0.1) is 12.2 Å². The van der Waals surface area contributed by atoms with Crippen LogP contribution in [0.5, 0.6) is 0 Å². The first-order chi connectivity index (χ1) is 7.37. The van der Waals surface area contributed by atoms with Crippen molar-refractivity contribution in [2.24, 2.45) is 0 Å². The Morgan fingerprint density at radius 1 is 1.62 bits per heavy atom. The van der Waals surface area contributed by atoms with E-state index in [-0.39, 0.29) is 17.4 Å². The van der Waals surface area contributed by atoms with Crippen molar-refractivity contribution in [3.63, 3.8) is 0 Å². The fourth-order valence-corrected chi connectivity index (χ4v) is 3.30. The van der Waals surface area contributed by atoms with E-state index in [0.29, 0.717) is 0 Å². The molecule has 0 saturated carbocycles. The first-order valence-corrected chi connectivity index (χ1v) is 6.98. The van der Waals surface area contributed by atoms with Crippen molar-refractivity contribution in [2.45, 2.75) is 16.7 Å². The van der Waals surface area contributed by atoms with Gasteiger partial charge in [0.2, 0.25) is 10.0 Å². The minimum atomic E-state index is -3.52. The van der Waals surface area contributed by atoms with Crippen molar-refractivity contribution < 1.29 is 18.3 Å². The molecule has 16 heavy (non-hydrogen) atoms. The van der Waals surface area contributed by atoms with Gasteiger partial charge in [0, 0.05) is 13.7 Å². The van der Waals surface area contributed by atoms with Crippen molar-refractivity contribution in [2.75, 3.05) is 20.3 Å². The Morgan fingerprint density at radius 3 is 2.81 bits per heavy atom. The van der Waals surface area contributed by atoms with Gasteiger partial charge in [0.1, 0.15) is 4.21 Å². The first-order valence-electron chi connectivity index (χ1n) is 4.62. The Hall–Kier alpha value is -0.470. The molecule has 1 aromatic rings. The van der Waals surface area contributed by atoms with Gasteiger partial charge < -0.3 is 9.84 Å². The molecular formula is C9H15NO4S2. The molecule has 0 aromatic carbocycles. The average molecular weight is 265 g/mol. The SMILES string of the molecule is COC[C@@](C)(O)CNS(=O)(=O)c1cccs1. The minimum absolute atomic E-state index is 0.0694. The van der Waals surface area contributed by atoms with Gasteiger partial charge in [-0.15, -0.1) is 11.3 Å². The number of aliphatic hydroxyl groups is 1. The summed E-state index contributed by atoms with van der Waals surface area (Å²) < 4.78 is 30.7. The Balaban J connectivity index is 2.62. The van der Waals surface area contributed by atoms with Crippen LogP contribution in [0, 0.1) is 0 Å². The number of sulfonamides is 1. The minimum Gasteiger partial charge on any atom is -0.386 e. The van der Waals surface area contributed by atoms with E-state index in [4.69, 9.17) is 4.74 Å². The zero-order chi connectivity index (χ0) is 12.2. The summed E-state index contributed by atoms with van der Waals surface area (Å²) in [4.78, 5) is 0. The van der Waals surface area contributed by atoms with Crippen LogP contribution in [0.25, 0.3) is 0 Å². The molecular weight excluding hydrogens is 250 g/mol. The zero-order valence-electron chi connectivity index (χ0n) is 9.13. The third-order valence-corrected chi connectivity index (χ3v) is 4.66. The van der Waals surface area contributed by atoms with Gasteiger partial charge in [-0.2, -0.15) is 0 Å². The summed E-state index contributed by atoms with van der Waals surface area (Å²) in [6.45, 7) is 1.49. The van der Waals surface area contributed by atoms with E-state index < -0.39 is 15.6 Å². The molecule has 0 aliphatic heterocycles. The van der Waals surface area contributed by atoms with Crippen molar-refractivity contribution in [1.29, 1.82) is 0 Å². The van der Waals surface area contributed by atoms with E-state index in [9.17, 15) is 13.5 Å². The summed E-state index contributed by atoms with van der Waals surface area (Å²) in [6.07, 6.45) is 0. The van der Waals surface area contributed by atoms with Crippen molar-refractivity contribution >= 4 is 21.4 Å². The van der Waals surface area contributed by atoms with E-state index in [1.54, 1.807) is 11.4 Å². The largest absolute Gasteiger partial charge is 0.386 e. The number of hydrogen-bond donors (Lipinski definition) is 2. The van der Waals surface area contributed by atoms with E-state index in [0.717, 1.165) is 11.3 Å². The fraction of sp³-hybridized carbons (Fsp3) is 0.556. The van der Waals surface area contributed by atoms with Crippen LogP contribution >= 0.6 is 11.3 Å². The Kier molecular flexibility index (Phi) is 4.45. The lowest BCUT2D eigenvalue weighted by atomic mass is 10.1. The molecule has 1 rings (SSSR count). The number of thiophene rings is 1. The van der Waals surface area contributed by atoms with Crippen LogP contribution < -0.4 is 4.72 Å². The van der Waals surface area contributed by atoms with Gasteiger partial charge in [0.15, 0.2) is 0 Å². The number of methoxy groups -OCH3 is 1. The van der Waals surface area contributed by atoms with E-state index in [1.165, 1.54) is 20.1 Å². The summed E-state index contributed by atoms with van der Waals surface area (Å²) in [5.74, 6) is 0. The van der Waals surface area contributed by atoms with Crippen molar-refractivity contribution in [3.05, 3.63) is 17.5 Å². The van der Waals surface area contributed by atoms with E-state index in [2.05, 4.69) is 4.72 Å². The Bertz CT molecular complexity index is 411. The molecule has 0 unspecified atom stereocenters. The molecule has 0 radical (unpaired) electrons. The Labute approximate surface area is 99.1 Å². The summed E-state index contributed by atoms with van der Waals surface area (Å²) >= 11 is 1.13. The zero-order valence-corrected chi connectivity index (χ0v) is 10.8. The van der Waals surface area contributed by atoms with Crippen LogP contribution in [-0.2, 0) is 14.8 Å². The van der Waals surface area contributed by atoms with Gasteiger partial charge in [-0.25, -0.2) is 13.1 Å². The maximum atomic E-state index is 11.7. The topological polar surface area (TPSA) is 75.6 Å². The van der Waals surface area contributed by atoms with Crippen molar-refractivity contribution in [3.8, 4) is 0 Å². The highest BCUT2D eigenvalue weighted by atomic mass is 32.2. The number of rotatable bonds is 6. The van der Waals surface area contributed by atoms with Crippen LogP contribution in [0.15, 0.2) is 21.7 Å². The monoisotopic (exact) mass is 265 g/mol. The molecule has 0 saturated heterocycles. The van der Waals surface area contributed by atoms with Crippen LogP contribution in [0.3, 0.4) is 0 Å². The second-order valence-electron chi connectivity index (χ2n) is 3.69. The molecule has 0 fully saturated rings. The molecule has 0 amide bonds. The second-order valence-corrected chi connectivity index (χ2v) is 6.63. The molecule has 1 heterocycles. The highest BCUT2D eigenvalue weighted by molar-refractivity contribution is 7.91. The van der Waals surface area contributed by atoms with Crippen LogP contribution in [-0.4, -0.2) is 39.4 Å². The lowest BCUT2D eigenvalue weighted by Gasteiger charge is -2.22. The van der Waals surface area contributed by atoms with Gasteiger partial charge in [-0.3, -0.25) is 0 Å². The second kappa shape index (κ2) is 5.24. The van der Waals surface area contributed by atoms with Gasteiger partial charge in [-0.05, 0) is 18.4 Å². The van der Waals surface area contributed by atoms with Gasteiger partial charge in [0.25, 0.3) is 0 Å². The number of ether oxygens (including phenoxy) is 1. The maximum Gasteiger partial charge on any atom is 0.250 e. The maximum absolute atomic E-state index is 11.7. The average Bonchev–Trinajstić information content (AvgIpc) is 2.68. The molecule has 1 atom stereocenters. The van der Waals surface area contributed by atoms with Gasteiger partial charge >= 0.3 is 0 Å². The first kappa shape index (κ1) is 13.6. The normalized spacial score (nSPS) is 15.9. The molecule has 0 spiro atoms. The standard InChI is InChI=1S/C9H15NO4S2/c1-9(11,7-14-2)6-10-16(12,13)8-4-3-5-15-8/h3-5,10-11H,6-7H2,1-2H3/t9-/m0/s1. The predicted molar refractivity (Wildman–Crippen MR) is 62.0 cm³/mol. The molecule has 5 nitrogen and oxygen atoms in total. The highest BCUT2D eigenvalue weighted by Gasteiger charge is 2.24. The van der Waals surface area contributed by atoms with Crippen LogP contribution in [0.4, 0.5) is 0 Å². The molecule has 92 valence electrons. The molecule has 0 aliphatic carbocycles. The predicted octanol–water partition coefficient (Wildman–Crippen LogP) is 0.424. The molecule has 1 aromatic heterocycles. The lowest BCUT2D eigenvalue weighted by molar-refractivity contribution is -0.0119. The summed E-state index contributed by atoms with van der Waals surface area (Å²) in [6, 6.07) is 3.17. The third kappa shape index (κ3) is 3.84. The summed E-state index contributed by atoms with van der Waals surface area (Å²) in [7, 11) is -2.07. The lowest BCUT2D eigenvalue weighted by Crippen LogP contribution is -2.43. The summed E-state index contributed by atoms with van der Waals surface area (Å²) in [5.41, 5.74) is -1.21. The van der Waals surface area contributed by atoms with Crippen LogP contribution in [0.2, 0.25) is 0 Å². The molecule has 0 aliphatic rings. The summed E-state index contributed by atoms with van der Waals surface area (Å²) in [5, 5.41) is 11.4. The van der Waals surface area contributed by atoms with E-state index >= 15 is 0 Å². The van der Waals surface area contributed by atoms with Gasteiger partial charge in [-0.1, -0.05) is 6.07 Å². The molecule has 2 N–H and O–H groups in total. The smallest absolute Gasteiger partial charge is 0.250 e. The highest BCUT2D eigenvalue weighted by Crippen LogP contribution is 2.15. The third-order valence-electron chi connectivity index (χ3n) is 1.86. The number of nitrogens with one attached hydrogen (secondary N) is 1. The number of hydrogen-bond acceptors (Lipinski definition) is 5. The molecule has 7 heteroatoms. The Morgan fingerprint density at radius 2 is 2.31 bits per heavy atom. The van der Waals surface area contributed by atoms with Crippen molar-refractivity contribution in [1.82, 2.24) is 4.72 Å².